The van der Waals surface area contributed by atoms with E-state index in [1.165, 1.54) is 31.9 Å². The molecule has 2 aromatic carbocycles. The molecule has 13 nitrogen and oxygen atoms in total. The Morgan fingerprint density at radius 1 is 0.760 bits per heavy atom. The predicted octanol–water partition coefficient (Wildman–Crippen LogP) is 1.36. The topological polar surface area (TPSA) is 168 Å². The van der Waals surface area contributed by atoms with Crippen LogP contribution in [0.5, 0.6) is 0 Å². The second-order valence-electron chi connectivity index (χ2n) is 11.7. The lowest BCUT2D eigenvalue weighted by Crippen LogP contribution is -2.46. The number of aliphatic hydroxyl groups excluding tert-OH is 1. The van der Waals surface area contributed by atoms with Gasteiger partial charge in [-0.25, -0.2) is 0 Å². The van der Waals surface area contributed by atoms with Gasteiger partial charge in [-0.2, -0.15) is 0 Å². The van der Waals surface area contributed by atoms with Crippen molar-refractivity contribution in [2.45, 2.75) is 52.2 Å². The van der Waals surface area contributed by atoms with Gasteiger partial charge in [-0.1, -0.05) is 60.7 Å². The van der Waals surface area contributed by atoms with Crippen molar-refractivity contribution in [2.75, 3.05) is 85.8 Å². The van der Waals surface area contributed by atoms with Gasteiger partial charge in [0.15, 0.2) is 0 Å². The van der Waals surface area contributed by atoms with Crippen molar-refractivity contribution in [1.29, 1.82) is 0 Å². The van der Waals surface area contributed by atoms with Crippen molar-refractivity contribution in [3.05, 3.63) is 71.8 Å². The SMILES string of the molecule is CC(=O)Cl.CC(=O)NCC1CN(Cc2ccccc2)CCO1.CC(=O)NCC1CNCCO1.CO.NCC1CN(Cc2ccccc2)CCO1. The Bertz CT molecular complexity index is 1160. The Morgan fingerprint density at radius 2 is 1.18 bits per heavy atom. The van der Waals surface area contributed by atoms with E-state index in [4.69, 9.17) is 25.1 Å². The summed E-state index contributed by atoms with van der Waals surface area (Å²) in [6.45, 7) is 15.9. The molecule has 0 radical (unpaired) electrons. The van der Waals surface area contributed by atoms with Gasteiger partial charge >= 0.3 is 0 Å². The summed E-state index contributed by atoms with van der Waals surface area (Å²) < 4.78 is 16.5. The summed E-state index contributed by atoms with van der Waals surface area (Å²) in [5.74, 6) is -0.00189. The predicted molar refractivity (Wildman–Crippen MR) is 197 cm³/mol. The van der Waals surface area contributed by atoms with Crippen molar-refractivity contribution < 1.29 is 33.7 Å². The maximum absolute atomic E-state index is 10.9. The summed E-state index contributed by atoms with van der Waals surface area (Å²) in [5, 5.41) is 15.3. The van der Waals surface area contributed by atoms with Gasteiger partial charge in [0, 0.05) is 99.9 Å². The Labute approximate surface area is 303 Å². The summed E-state index contributed by atoms with van der Waals surface area (Å²) in [6, 6.07) is 21.0. The third-order valence-electron chi connectivity index (χ3n) is 7.37. The number of halogens is 1. The van der Waals surface area contributed by atoms with Crippen molar-refractivity contribution in [3.63, 3.8) is 0 Å². The highest BCUT2D eigenvalue weighted by Gasteiger charge is 2.21. The molecule has 0 saturated carbocycles. The van der Waals surface area contributed by atoms with Crippen LogP contribution in [0.4, 0.5) is 0 Å². The lowest BCUT2D eigenvalue weighted by molar-refractivity contribution is -0.120. The highest BCUT2D eigenvalue weighted by molar-refractivity contribution is 6.62. The number of rotatable bonds is 9. The van der Waals surface area contributed by atoms with E-state index >= 15 is 0 Å². The first-order chi connectivity index (χ1) is 24.1. The van der Waals surface area contributed by atoms with Gasteiger partial charge in [-0.05, 0) is 22.7 Å². The maximum Gasteiger partial charge on any atom is 0.218 e. The van der Waals surface area contributed by atoms with Gasteiger partial charge in [0.25, 0.3) is 0 Å². The molecule has 282 valence electrons. The number of aliphatic hydroxyl groups is 1. The fourth-order valence-electron chi connectivity index (χ4n) is 5.06. The third kappa shape index (κ3) is 23.4. The van der Waals surface area contributed by atoms with E-state index in [1.807, 2.05) is 12.1 Å². The van der Waals surface area contributed by atoms with Gasteiger partial charge in [0.2, 0.25) is 17.1 Å². The molecule has 3 aliphatic rings. The van der Waals surface area contributed by atoms with Crippen LogP contribution in [0.15, 0.2) is 60.7 Å². The molecule has 3 atom stereocenters. The number of carbonyl (C=O) groups excluding carboxylic acids is 3. The van der Waals surface area contributed by atoms with Crippen molar-refractivity contribution in [3.8, 4) is 0 Å². The highest BCUT2D eigenvalue weighted by Crippen LogP contribution is 2.11. The van der Waals surface area contributed by atoms with Crippen LogP contribution in [0.3, 0.4) is 0 Å². The molecule has 0 bridgehead atoms. The van der Waals surface area contributed by atoms with E-state index in [1.54, 1.807) is 0 Å². The first-order valence-electron chi connectivity index (χ1n) is 17.0. The van der Waals surface area contributed by atoms with E-state index < -0.39 is 0 Å². The zero-order valence-electron chi connectivity index (χ0n) is 30.2. The quantitative estimate of drug-likeness (QED) is 0.237. The maximum atomic E-state index is 10.9. The molecule has 2 aromatic rings. The smallest absolute Gasteiger partial charge is 0.218 e. The number of hydrogen-bond acceptors (Lipinski definition) is 11. The van der Waals surface area contributed by atoms with Crippen LogP contribution in [0, 0.1) is 0 Å². The minimum absolute atomic E-state index is 0.000765. The fourth-order valence-corrected chi connectivity index (χ4v) is 5.06. The lowest BCUT2D eigenvalue weighted by Gasteiger charge is -2.33. The second kappa shape index (κ2) is 28.7. The number of amides is 2. The molecule has 3 heterocycles. The summed E-state index contributed by atoms with van der Waals surface area (Å²) >= 11 is 4.64. The molecule has 6 N–H and O–H groups in total. The zero-order chi connectivity index (χ0) is 37.0. The minimum Gasteiger partial charge on any atom is -0.400 e. The first kappa shape index (κ1) is 45.0. The van der Waals surface area contributed by atoms with Crippen LogP contribution in [0.25, 0.3) is 0 Å². The molecule has 3 aliphatic heterocycles. The fraction of sp³-hybridized carbons (Fsp3) is 0.583. The Morgan fingerprint density at radius 3 is 1.60 bits per heavy atom. The monoisotopic (exact) mass is 722 g/mol. The van der Waals surface area contributed by atoms with Crippen LogP contribution in [0.2, 0.25) is 0 Å². The number of nitrogens with zero attached hydrogens (tertiary/aromatic N) is 2. The summed E-state index contributed by atoms with van der Waals surface area (Å²) in [6.07, 6.45) is 0.460. The van der Waals surface area contributed by atoms with Gasteiger partial charge in [0.1, 0.15) is 0 Å². The second-order valence-corrected chi connectivity index (χ2v) is 12.2. The van der Waals surface area contributed by atoms with Crippen molar-refractivity contribution >= 4 is 28.7 Å². The standard InChI is InChI=1S/C14H20N2O2.C12H18N2O.C7H14N2O2.C2H3ClO.CH4O/c1-12(17)15-9-14-11-16(7-8-18-14)10-13-5-3-2-4-6-13;13-8-12-10-14(6-7-15-12)9-11-4-2-1-3-5-11;1-6(10)9-5-7-4-8-2-3-11-7;1-2(3)4;1-2/h2-6,14H,7-11H2,1H3,(H,15,17);1-5,12H,6-10,13H2;7-8H,2-5H2,1H3,(H,9,10);1H3;2H,1H3. The normalized spacial score (nSPS) is 20.3. The van der Waals surface area contributed by atoms with Crippen LogP contribution in [-0.4, -0.2) is 136 Å². The highest BCUT2D eigenvalue weighted by atomic mass is 35.5. The van der Waals surface area contributed by atoms with Gasteiger partial charge in [0.05, 0.1) is 38.1 Å². The molecule has 3 fully saturated rings. The van der Waals surface area contributed by atoms with Crippen LogP contribution < -0.4 is 21.7 Å². The molecular weight excluding hydrogens is 664 g/mol. The van der Waals surface area contributed by atoms with E-state index in [9.17, 15) is 14.4 Å². The molecule has 0 aromatic heterocycles. The molecule has 0 aliphatic carbocycles. The number of benzene rings is 2. The van der Waals surface area contributed by atoms with E-state index in [-0.39, 0.29) is 35.4 Å². The third-order valence-corrected chi connectivity index (χ3v) is 7.37. The zero-order valence-corrected chi connectivity index (χ0v) is 30.9. The van der Waals surface area contributed by atoms with Crippen molar-refractivity contribution in [2.24, 2.45) is 5.73 Å². The van der Waals surface area contributed by atoms with Gasteiger partial charge < -0.3 is 41.0 Å². The lowest BCUT2D eigenvalue weighted by atomic mass is 10.2. The molecule has 3 unspecified atom stereocenters. The average molecular weight is 723 g/mol. The number of nitrogens with two attached hydrogens (primary N) is 1. The Hall–Kier alpha value is -2.98. The van der Waals surface area contributed by atoms with E-state index in [2.05, 4.69) is 85.9 Å². The average Bonchev–Trinajstić information content (AvgIpc) is 3.13. The van der Waals surface area contributed by atoms with E-state index in [0.717, 1.165) is 79.3 Å². The van der Waals surface area contributed by atoms with E-state index in [0.29, 0.717) is 19.6 Å². The number of hydrogen-bond donors (Lipinski definition) is 5. The molecule has 50 heavy (non-hydrogen) atoms. The molecule has 3 saturated heterocycles. The number of ether oxygens (including phenoxy) is 3. The summed E-state index contributed by atoms with van der Waals surface area (Å²) in [5.41, 5.74) is 8.28. The molecule has 2 amide bonds. The Kier molecular flexibility index (Phi) is 25.8. The van der Waals surface area contributed by atoms with Crippen LogP contribution in [0.1, 0.15) is 31.9 Å². The Balaban J connectivity index is 0.000000355. The van der Waals surface area contributed by atoms with Crippen LogP contribution >= 0.6 is 11.6 Å². The van der Waals surface area contributed by atoms with Gasteiger partial charge in [-0.3, -0.25) is 24.2 Å². The molecule has 5 rings (SSSR count). The number of morpholine rings is 3. The molecule has 0 spiro atoms. The van der Waals surface area contributed by atoms with Crippen molar-refractivity contribution in [1.82, 2.24) is 25.8 Å². The summed E-state index contributed by atoms with van der Waals surface area (Å²) in [7, 11) is 1.00. The molecule has 14 heteroatoms. The van der Waals surface area contributed by atoms with Gasteiger partial charge in [-0.15, -0.1) is 0 Å². The largest absolute Gasteiger partial charge is 0.400 e. The number of carbonyl (C=O) groups is 3. The van der Waals surface area contributed by atoms with Crippen LogP contribution in [-0.2, 0) is 41.7 Å². The number of nitrogens with one attached hydrogen (secondary N) is 3. The molecular formula is C36H59ClN6O7. The minimum atomic E-state index is -0.361. The first-order valence-corrected chi connectivity index (χ1v) is 17.4. The summed E-state index contributed by atoms with van der Waals surface area (Å²) in [4.78, 5) is 35.4.